The minimum absolute atomic E-state index is 0.0706. The smallest absolute Gasteiger partial charge is 0.405 e. The van der Waals surface area contributed by atoms with Gasteiger partial charge in [-0.2, -0.15) is 0 Å². The van der Waals surface area contributed by atoms with Crippen molar-refractivity contribution in [3.8, 4) is 5.75 Å². The van der Waals surface area contributed by atoms with Gasteiger partial charge in [-0.3, -0.25) is 9.78 Å². The van der Waals surface area contributed by atoms with Gasteiger partial charge in [0.05, 0.1) is 5.56 Å². The molecule has 0 aliphatic rings. The molecule has 0 N–H and O–H groups in total. The molecule has 0 spiro atoms. The monoisotopic (exact) mass is 295 g/mol. The van der Waals surface area contributed by atoms with Crippen LogP contribution in [0.15, 0.2) is 48.8 Å². The standard InChI is InChI=1S/C15H12F3NO2/c16-15(17,18)21-14-6-2-1-5-12(14)13(20)8-7-11-4-3-9-19-10-11/h1-6,9-10H,7-8H2. The zero-order valence-electron chi connectivity index (χ0n) is 10.9. The van der Waals surface area contributed by atoms with Gasteiger partial charge >= 0.3 is 6.36 Å². The van der Waals surface area contributed by atoms with Gasteiger partial charge in [0.1, 0.15) is 5.75 Å². The average molecular weight is 295 g/mol. The Morgan fingerprint density at radius 3 is 2.57 bits per heavy atom. The maximum Gasteiger partial charge on any atom is 0.573 e. The maximum absolute atomic E-state index is 12.3. The summed E-state index contributed by atoms with van der Waals surface area (Å²) < 4.78 is 40.8. The minimum Gasteiger partial charge on any atom is -0.405 e. The number of Topliss-reactive ketones (excluding diaryl/α,β-unsaturated/α-hetero) is 1. The lowest BCUT2D eigenvalue weighted by Gasteiger charge is -2.12. The Morgan fingerprint density at radius 1 is 1.14 bits per heavy atom. The molecule has 6 heteroatoms. The van der Waals surface area contributed by atoms with Crippen LogP contribution in [-0.4, -0.2) is 17.1 Å². The van der Waals surface area contributed by atoms with Crippen molar-refractivity contribution in [3.05, 3.63) is 59.9 Å². The zero-order valence-corrected chi connectivity index (χ0v) is 10.9. The number of hydrogen-bond acceptors (Lipinski definition) is 3. The van der Waals surface area contributed by atoms with Crippen LogP contribution in [0.5, 0.6) is 5.75 Å². The van der Waals surface area contributed by atoms with Crippen molar-refractivity contribution in [2.24, 2.45) is 0 Å². The number of ether oxygens (including phenoxy) is 1. The molecule has 1 heterocycles. The van der Waals surface area contributed by atoms with E-state index in [1.54, 1.807) is 24.5 Å². The summed E-state index contributed by atoms with van der Waals surface area (Å²) in [5, 5.41) is 0. The Labute approximate surface area is 119 Å². The number of nitrogens with zero attached hydrogens (tertiary/aromatic N) is 1. The SMILES string of the molecule is O=C(CCc1cccnc1)c1ccccc1OC(F)(F)F. The lowest BCUT2D eigenvalue weighted by atomic mass is 10.0. The third-order valence-corrected chi connectivity index (χ3v) is 2.78. The molecule has 0 unspecified atom stereocenters. The number of carbonyl (C=O) groups excluding carboxylic acids is 1. The molecule has 1 aromatic carbocycles. The molecule has 1 aromatic heterocycles. The van der Waals surface area contributed by atoms with E-state index in [1.807, 2.05) is 0 Å². The zero-order chi connectivity index (χ0) is 15.3. The molecule has 2 aromatic rings. The van der Waals surface area contributed by atoms with Crippen LogP contribution >= 0.6 is 0 Å². The molecule has 0 amide bonds. The molecule has 0 fully saturated rings. The van der Waals surface area contributed by atoms with E-state index in [-0.39, 0.29) is 12.0 Å². The number of ketones is 1. The number of alkyl halides is 3. The van der Waals surface area contributed by atoms with Crippen molar-refractivity contribution in [1.29, 1.82) is 0 Å². The van der Waals surface area contributed by atoms with Crippen LogP contribution in [0.3, 0.4) is 0 Å². The van der Waals surface area contributed by atoms with Crippen molar-refractivity contribution < 1.29 is 22.7 Å². The number of aryl methyl sites for hydroxylation is 1. The van der Waals surface area contributed by atoms with Gasteiger partial charge in [-0.1, -0.05) is 18.2 Å². The first-order valence-electron chi connectivity index (χ1n) is 6.22. The molecular weight excluding hydrogens is 283 g/mol. The fraction of sp³-hybridized carbons (Fsp3) is 0.200. The third-order valence-electron chi connectivity index (χ3n) is 2.78. The van der Waals surface area contributed by atoms with E-state index < -0.39 is 17.9 Å². The van der Waals surface area contributed by atoms with Crippen LogP contribution in [0.25, 0.3) is 0 Å². The summed E-state index contributed by atoms with van der Waals surface area (Å²) in [4.78, 5) is 16.0. The Hall–Kier alpha value is -2.37. The van der Waals surface area contributed by atoms with Crippen molar-refractivity contribution in [2.45, 2.75) is 19.2 Å². The molecule has 0 aliphatic heterocycles. The van der Waals surface area contributed by atoms with Crippen molar-refractivity contribution >= 4 is 5.78 Å². The van der Waals surface area contributed by atoms with Gasteiger partial charge in [-0.05, 0) is 30.2 Å². The molecule has 110 valence electrons. The third kappa shape index (κ3) is 4.59. The highest BCUT2D eigenvalue weighted by Gasteiger charge is 2.32. The normalized spacial score (nSPS) is 11.2. The van der Waals surface area contributed by atoms with Crippen LogP contribution in [0, 0.1) is 0 Å². The van der Waals surface area contributed by atoms with Crippen molar-refractivity contribution in [1.82, 2.24) is 4.98 Å². The number of benzene rings is 1. The van der Waals surface area contributed by atoms with E-state index >= 15 is 0 Å². The Balaban J connectivity index is 2.09. The lowest BCUT2D eigenvalue weighted by molar-refractivity contribution is -0.274. The number of aromatic nitrogens is 1. The van der Waals surface area contributed by atoms with Gasteiger partial charge in [-0.25, -0.2) is 0 Å². The molecule has 0 radical (unpaired) electrons. The summed E-state index contributed by atoms with van der Waals surface area (Å²) in [5.41, 5.74) is 0.777. The van der Waals surface area contributed by atoms with Crippen LogP contribution in [0.1, 0.15) is 22.3 Å². The Kier molecular flexibility index (Phi) is 4.57. The highest BCUT2D eigenvalue weighted by atomic mass is 19.4. The van der Waals surface area contributed by atoms with E-state index in [9.17, 15) is 18.0 Å². The number of carbonyl (C=O) groups is 1. The van der Waals surface area contributed by atoms with Crippen molar-refractivity contribution in [2.75, 3.05) is 0 Å². The summed E-state index contributed by atoms with van der Waals surface area (Å²) in [7, 11) is 0. The molecule has 0 saturated heterocycles. The topological polar surface area (TPSA) is 39.2 Å². The number of rotatable bonds is 5. The van der Waals surface area contributed by atoms with E-state index in [0.29, 0.717) is 6.42 Å². The average Bonchev–Trinajstić information content (AvgIpc) is 2.45. The van der Waals surface area contributed by atoms with E-state index in [4.69, 9.17) is 0 Å². The predicted octanol–water partition coefficient (Wildman–Crippen LogP) is 3.80. The van der Waals surface area contributed by atoms with E-state index in [0.717, 1.165) is 11.6 Å². The Morgan fingerprint density at radius 2 is 1.90 bits per heavy atom. The van der Waals surface area contributed by atoms with Crippen LogP contribution in [-0.2, 0) is 6.42 Å². The maximum atomic E-state index is 12.3. The van der Waals surface area contributed by atoms with Crippen molar-refractivity contribution in [3.63, 3.8) is 0 Å². The van der Waals surface area contributed by atoms with Gasteiger partial charge in [0, 0.05) is 18.8 Å². The van der Waals surface area contributed by atoms with Gasteiger partial charge in [-0.15, -0.1) is 13.2 Å². The lowest BCUT2D eigenvalue weighted by Crippen LogP contribution is -2.19. The first kappa shape index (κ1) is 15.0. The number of para-hydroxylation sites is 1. The van der Waals surface area contributed by atoms with Crippen LogP contribution in [0.4, 0.5) is 13.2 Å². The summed E-state index contributed by atoms with van der Waals surface area (Å²) >= 11 is 0. The molecule has 2 rings (SSSR count). The molecule has 0 atom stereocenters. The first-order chi connectivity index (χ1) is 9.96. The van der Waals surface area contributed by atoms with Gasteiger partial charge in [0.25, 0.3) is 0 Å². The number of hydrogen-bond donors (Lipinski definition) is 0. The highest BCUT2D eigenvalue weighted by Crippen LogP contribution is 2.27. The van der Waals surface area contributed by atoms with Crippen LogP contribution < -0.4 is 4.74 Å². The fourth-order valence-corrected chi connectivity index (χ4v) is 1.85. The van der Waals surface area contributed by atoms with Gasteiger partial charge < -0.3 is 4.74 Å². The molecular formula is C15H12F3NO2. The van der Waals surface area contributed by atoms with Gasteiger partial charge in [0.2, 0.25) is 0 Å². The predicted molar refractivity (Wildman–Crippen MR) is 70.0 cm³/mol. The number of halogens is 3. The highest BCUT2D eigenvalue weighted by molar-refractivity contribution is 5.98. The minimum atomic E-state index is -4.82. The summed E-state index contributed by atoms with van der Waals surface area (Å²) in [6.07, 6.45) is -1.10. The quantitative estimate of drug-likeness (QED) is 0.788. The molecule has 21 heavy (non-hydrogen) atoms. The number of pyridine rings is 1. The second-order valence-corrected chi connectivity index (χ2v) is 4.33. The summed E-state index contributed by atoms with van der Waals surface area (Å²) in [6.45, 7) is 0. The largest absolute Gasteiger partial charge is 0.573 e. The second kappa shape index (κ2) is 6.39. The molecule has 3 nitrogen and oxygen atoms in total. The van der Waals surface area contributed by atoms with E-state index in [2.05, 4.69) is 9.72 Å². The molecule has 0 aliphatic carbocycles. The summed E-state index contributed by atoms with van der Waals surface area (Å²) in [6, 6.07) is 8.88. The summed E-state index contributed by atoms with van der Waals surface area (Å²) in [5.74, 6) is -0.875. The van der Waals surface area contributed by atoms with E-state index in [1.165, 1.54) is 18.2 Å². The van der Waals surface area contributed by atoms with Gasteiger partial charge in [0.15, 0.2) is 5.78 Å². The Bertz CT molecular complexity index is 612. The first-order valence-corrected chi connectivity index (χ1v) is 6.22. The molecule has 0 bridgehead atoms. The van der Waals surface area contributed by atoms with Crippen LogP contribution in [0.2, 0.25) is 0 Å². The second-order valence-electron chi connectivity index (χ2n) is 4.33. The fourth-order valence-electron chi connectivity index (χ4n) is 1.85. The molecule has 0 saturated carbocycles.